The summed E-state index contributed by atoms with van der Waals surface area (Å²) in [6.45, 7) is 1.49. The van der Waals surface area contributed by atoms with Crippen molar-refractivity contribution < 1.29 is 9.26 Å². The lowest BCUT2D eigenvalue weighted by atomic mass is 10.0. The number of hydrogen-bond acceptors (Lipinski definition) is 7. The van der Waals surface area contributed by atoms with E-state index in [1.54, 1.807) is 25.8 Å². The van der Waals surface area contributed by atoms with Gasteiger partial charge >= 0.3 is 0 Å². The quantitative estimate of drug-likeness (QED) is 0.561. The van der Waals surface area contributed by atoms with Gasteiger partial charge in [-0.1, -0.05) is 17.3 Å². The van der Waals surface area contributed by atoms with Crippen molar-refractivity contribution in [3.8, 4) is 17.1 Å². The van der Waals surface area contributed by atoms with E-state index in [1.807, 2.05) is 24.3 Å². The van der Waals surface area contributed by atoms with E-state index in [0.29, 0.717) is 18.1 Å². The van der Waals surface area contributed by atoms with Gasteiger partial charge in [0, 0.05) is 37.5 Å². The number of ether oxygens (including phenoxy) is 1. The molecule has 1 aromatic carbocycles. The van der Waals surface area contributed by atoms with Crippen molar-refractivity contribution in [1.29, 1.82) is 0 Å². The smallest absolute Gasteiger partial charge is 0.244 e. The number of rotatable bonds is 5. The van der Waals surface area contributed by atoms with Crippen LogP contribution in [0.3, 0.4) is 0 Å². The number of hydrogen-bond donors (Lipinski definition) is 1. The minimum Gasteiger partial charge on any atom is -0.497 e. The highest BCUT2D eigenvalue weighted by Crippen LogP contribution is 2.33. The summed E-state index contributed by atoms with van der Waals surface area (Å²) < 4.78 is 10.9. The van der Waals surface area contributed by atoms with Gasteiger partial charge in [-0.15, -0.1) is 0 Å². The van der Waals surface area contributed by atoms with Crippen LogP contribution in [-0.2, 0) is 19.5 Å². The molecule has 8 heteroatoms. The van der Waals surface area contributed by atoms with E-state index in [4.69, 9.17) is 9.26 Å². The van der Waals surface area contributed by atoms with Gasteiger partial charge in [0.15, 0.2) is 0 Å². The third-order valence-corrected chi connectivity index (χ3v) is 5.21. The molecule has 0 bridgehead atoms. The normalized spacial score (nSPS) is 16.5. The first-order chi connectivity index (χ1) is 14.3. The van der Waals surface area contributed by atoms with Gasteiger partial charge in [0.25, 0.3) is 0 Å². The maximum Gasteiger partial charge on any atom is 0.244 e. The summed E-state index contributed by atoms with van der Waals surface area (Å²) in [7, 11) is 1.67. The predicted octanol–water partition coefficient (Wildman–Crippen LogP) is 3.16. The van der Waals surface area contributed by atoms with Crippen molar-refractivity contribution in [2.75, 3.05) is 7.11 Å². The second kappa shape index (κ2) is 7.48. The van der Waals surface area contributed by atoms with E-state index >= 15 is 0 Å². The molecule has 5 rings (SSSR count). The number of imidazole rings is 1. The Kier molecular flexibility index (Phi) is 4.53. The molecule has 0 radical (unpaired) electrons. The summed E-state index contributed by atoms with van der Waals surface area (Å²) in [6, 6.07) is 11.8. The zero-order chi connectivity index (χ0) is 19.6. The zero-order valence-electron chi connectivity index (χ0n) is 15.9. The highest BCUT2D eigenvalue weighted by atomic mass is 16.5. The molecule has 1 aliphatic rings. The Labute approximate surface area is 167 Å². The fourth-order valence-corrected chi connectivity index (χ4v) is 3.65. The van der Waals surface area contributed by atoms with E-state index in [-0.39, 0.29) is 6.04 Å². The zero-order valence-corrected chi connectivity index (χ0v) is 15.9. The summed E-state index contributed by atoms with van der Waals surface area (Å²) in [4.78, 5) is 18.8. The number of H-pyrrole nitrogens is 1. The van der Waals surface area contributed by atoms with Gasteiger partial charge in [0.05, 0.1) is 30.9 Å². The third kappa shape index (κ3) is 3.50. The number of nitrogens with zero attached hydrogens (tertiary/aromatic N) is 5. The molecule has 1 N–H and O–H groups in total. The van der Waals surface area contributed by atoms with Crippen molar-refractivity contribution in [3.05, 3.63) is 78.0 Å². The van der Waals surface area contributed by atoms with Gasteiger partial charge in [-0.2, -0.15) is 4.98 Å². The van der Waals surface area contributed by atoms with Crippen LogP contribution in [0.1, 0.15) is 28.9 Å². The Morgan fingerprint density at radius 3 is 2.79 bits per heavy atom. The standard InChI is InChI=1S/C21H20N6O2/c1-28-16-4-2-14(3-5-16)11-27-12-18-17(23-13-24-18)10-19(27)21-25-20(26-29-21)15-6-8-22-9-7-15/h2-9,13,19H,10-12H2,1H3,(H,23,24). The summed E-state index contributed by atoms with van der Waals surface area (Å²) in [6.07, 6.45) is 5.90. The SMILES string of the molecule is COc1ccc(CN2Cc3[nH]cnc3CC2c2nc(-c3ccncc3)no2)cc1. The fourth-order valence-electron chi connectivity index (χ4n) is 3.65. The highest BCUT2D eigenvalue weighted by Gasteiger charge is 2.33. The first kappa shape index (κ1) is 17.6. The first-order valence-corrected chi connectivity index (χ1v) is 9.42. The average Bonchev–Trinajstić information content (AvgIpc) is 3.44. The Morgan fingerprint density at radius 1 is 1.17 bits per heavy atom. The Bertz CT molecular complexity index is 1090. The molecule has 3 aromatic heterocycles. The number of aromatic nitrogens is 5. The van der Waals surface area contributed by atoms with Crippen LogP contribution in [0.2, 0.25) is 0 Å². The molecule has 0 amide bonds. The van der Waals surface area contributed by atoms with Crippen molar-refractivity contribution in [3.63, 3.8) is 0 Å². The molecule has 1 atom stereocenters. The molecular formula is C21H20N6O2. The topological polar surface area (TPSA) is 93.0 Å². The van der Waals surface area contributed by atoms with Gasteiger partial charge < -0.3 is 14.2 Å². The van der Waals surface area contributed by atoms with Crippen LogP contribution >= 0.6 is 0 Å². The van der Waals surface area contributed by atoms with Crippen molar-refractivity contribution in [2.24, 2.45) is 0 Å². The van der Waals surface area contributed by atoms with E-state index in [9.17, 15) is 0 Å². The van der Waals surface area contributed by atoms with Gasteiger partial charge in [0.1, 0.15) is 5.75 Å². The second-order valence-electron chi connectivity index (χ2n) is 6.99. The van der Waals surface area contributed by atoms with Crippen LogP contribution < -0.4 is 4.74 Å². The number of nitrogens with one attached hydrogen (secondary N) is 1. The molecule has 29 heavy (non-hydrogen) atoms. The molecule has 0 saturated carbocycles. The van der Waals surface area contributed by atoms with Crippen LogP contribution in [-0.4, -0.2) is 37.1 Å². The third-order valence-electron chi connectivity index (χ3n) is 5.21. The molecule has 1 unspecified atom stereocenters. The molecule has 1 aliphatic heterocycles. The number of methoxy groups -OCH3 is 1. The first-order valence-electron chi connectivity index (χ1n) is 9.42. The minimum absolute atomic E-state index is 0.0454. The van der Waals surface area contributed by atoms with Crippen LogP contribution in [0.15, 0.2) is 59.6 Å². The summed E-state index contributed by atoms with van der Waals surface area (Å²) in [5, 5.41) is 4.18. The Balaban J connectivity index is 1.44. The van der Waals surface area contributed by atoms with Gasteiger partial charge in [0.2, 0.25) is 11.7 Å². The van der Waals surface area contributed by atoms with E-state index in [0.717, 1.165) is 35.8 Å². The molecular weight excluding hydrogens is 368 g/mol. The largest absolute Gasteiger partial charge is 0.497 e. The molecule has 0 fully saturated rings. The van der Waals surface area contributed by atoms with E-state index in [1.165, 1.54) is 5.56 Å². The molecule has 0 spiro atoms. The number of pyridine rings is 1. The van der Waals surface area contributed by atoms with Crippen LogP contribution in [0.5, 0.6) is 5.75 Å². The van der Waals surface area contributed by atoms with Crippen molar-refractivity contribution >= 4 is 0 Å². The number of benzene rings is 1. The second-order valence-corrected chi connectivity index (χ2v) is 6.99. The van der Waals surface area contributed by atoms with Crippen molar-refractivity contribution in [1.82, 2.24) is 30.0 Å². The van der Waals surface area contributed by atoms with Crippen molar-refractivity contribution in [2.45, 2.75) is 25.6 Å². The van der Waals surface area contributed by atoms with Gasteiger partial charge in [-0.3, -0.25) is 9.88 Å². The summed E-state index contributed by atoms with van der Waals surface area (Å²) >= 11 is 0. The highest BCUT2D eigenvalue weighted by molar-refractivity contribution is 5.52. The van der Waals surface area contributed by atoms with Gasteiger partial charge in [-0.25, -0.2) is 4.98 Å². The molecule has 4 heterocycles. The lowest BCUT2D eigenvalue weighted by Crippen LogP contribution is -2.34. The molecule has 0 aliphatic carbocycles. The summed E-state index contributed by atoms with van der Waals surface area (Å²) in [5.41, 5.74) is 4.24. The maximum atomic E-state index is 5.67. The fraction of sp³-hybridized carbons (Fsp3) is 0.238. The predicted molar refractivity (Wildman–Crippen MR) is 105 cm³/mol. The minimum atomic E-state index is -0.0454. The number of aromatic amines is 1. The molecule has 4 aromatic rings. The van der Waals surface area contributed by atoms with Gasteiger partial charge in [-0.05, 0) is 29.8 Å². The molecule has 0 saturated heterocycles. The van der Waals surface area contributed by atoms with E-state index < -0.39 is 0 Å². The van der Waals surface area contributed by atoms with E-state index in [2.05, 4.69) is 42.1 Å². The molecule has 8 nitrogen and oxygen atoms in total. The number of fused-ring (bicyclic) bond motifs is 1. The lowest BCUT2D eigenvalue weighted by molar-refractivity contribution is 0.128. The molecule has 146 valence electrons. The average molecular weight is 388 g/mol. The lowest BCUT2D eigenvalue weighted by Gasteiger charge is -2.32. The monoisotopic (exact) mass is 388 g/mol. The Morgan fingerprint density at radius 2 is 2.00 bits per heavy atom. The van der Waals surface area contributed by atoms with Crippen LogP contribution in [0.25, 0.3) is 11.4 Å². The summed E-state index contributed by atoms with van der Waals surface area (Å²) in [5.74, 6) is 2.01. The Hall–Kier alpha value is -3.52. The van der Waals surface area contributed by atoms with Crippen LogP contribution in [0.4, 0.5) is 0 Å². The maximum absolute atomic E-state index is 5.67. The van der Waals surface area contributed by atoms with Crippen LogP contribution in [0, 0.1) is 0 Å².